The van der Waals surface area contributed by atoms with E-state index in [4.69, 9.17) is 0 Å². The molecular formula is C18H14F6N2O4S. The van der Waals surface area contributed by atoms with Crippen LogP contribution in [0.2, 0.25) is 0 Å². The predicted molar refractivity (Wildman–Crippen MR) is 99.3 cm³/mol. The third-order valence-electron chi connectivity index (χ3n) is 3.93. The maximum atomic E-state index is 13.1. The van der Waals surface area contributed by atoms with Crippen molar-refractivity contribution in [2.45, 2.75) is 36.9 Å². The van der Waals surface area contributed by atoms with E-state index in [0.717, 1.165) is 13.8 Å². The first-order chi connectivity index (χ1) is 14.0. The molecule has 0 radical (unpaired) electrons. The molecule has 0 aromatic rings. The van der Waals surface area contributed by atoms with Gasteiger partial charge in [-0.1, -0.05) is 0 Å². The summed E-state index contributed by atoms with van der Waals surface area (Å²) in [4.78, 5) is 29.6. The molecule has 0 amide bonds. The number of hydrogen-bond donors (Lipinski definition) is 0. The molecule has 6 nitrogen and oxygen atoms in total. The molecule has 0 aromatic carbocycles. The lowest BCUT2D eigenvalue weighted by Gasteiger charge is -2.26. The zero-order chi connectivity index (χ0) is 23.8. The Labute approximate surface area is 172 Å². The van der Waals surface area contributed by atoms with Crippen LogP contribution in [0.4, 0.5) is 26.3 Å². The molecule has 31 heavy (non-hydrogen) atoms. The van der Waals surface area contributed by atoms with Crippen LogP contribution in [0.25, 0.3) is 0 Å². The molecule has 0 saturated carbocycles. The Hall–Kier alpha value is -2.83. The van der Waals surface area contributed by atoms with E-state index in [1.165, 1.54) is 0 Å². The summed E-state index contributed by atoms with van der Waals surface area (Å²) in [7, 11) is -4.77. The van der Waals surface area contributed by atoms with E-state index in [2.05, 4.69) is 9.98 Å². The summed E-state index contributed by atoms with van der Waals surface area (Å²) in [5.74, 6) is -1.56. The minimum atomic E-state index is -4.89. The largest absolute Gasteiger partial charge is 0.417 e. The van der Waals surface area contributed by atoms with Crippen LogP contribution in [0.1, 0.15) is 13.8 Å². The van der Waals surface area contributed by atoms with E-state index in [0.29, 0.717) is 24.3 Å². The van der Waals surface area contributed by atoms with Crippen molar-refractivity contribution in [2.75, 3.05) is 0 Å². The summed E-state index contributed by atoms with van der Waals surface area (Å²) in [5.41, 5.74) is -3.91. The fourth-order valence-corrected chi connectivity index (χ4v) is 4.46. The minimum absolute atomic E-state index is 0.248. The zero-order valence-corrected chi connectivity index (χ0v) is 16.6. The van der Waals surface area contributed by atoms with Gasteiger partial charge in [0.2, 0.25) is 9.84 Å². The lowest BCUT2D eigenvalue weighted by molar-refractivity contribution is -0.113. The van der Waals surface area contributed by atoms with Gasteiger partial charge in [-0.25, -0.2) is 8.42 Å². The van der Waals surface area contributed by atoms with E-state index in [1.807, 2.05) is 0 Å². The molecule has 0 spiro atoms. The van der Waals surface area contributed by atoms with E-state index in [1.54, 1.807) is 0 Å². The van der Waals surface area contributed by atoms with Gasteiger partial charge < -0.3 is 0 Å². The van der Waals surface area contributed by atoms with Crippen molar-refractivity contribution in [1.82, 2.24) is 0 Å². The number of hydrogen-bond acceptors (Lipinski definition) is 6. The summed E-state index contributed by atoms with van der Waals surface area (Å²) in [6.07, 6.45) is -7.20. The monoisotopic (exact) mass is 468 g/mol. The third kappa shape index (κ3) is 5.66. The number of halogens is 6. The summed E-state index contributed by atoms with van der Waals surface area (Å²) in [5, 5.41) is -4.11. The number of alkyl halides is 6. The van der Waals surface area contributed by atoms with Crippen molar-refractivity contribution in [1.29, 1.82) is 0 Å². The van der Waals surface area contributed by atoms with E-state index >= 15 is 0 Å². The predicted octanol–water partition coefficient (Wildman–Crippen LogP) is 3.23. The number of nitrogens with zero attached hydrogens (tertiary/aromatic N) is 2. The molecule has 2 heterocycles. The number of aliphatic imine (C=N–C) groups is 2. The van der Waals surface area contributed by atoms with Crippen LogP contribution in [-0.4, -0.2) is 55.5 Å². The molecular weight excluding hydrogens is 454 g/mol. The van der Waals surface area contributed by atoms with Crippen molar-refractivity contribution in [2.24, 2.45) is 9.98 Å². The summed E-state index contributed by atoms with van der Waals surface area (Å²) < 4.78 is 104. The van der Waals surface area contributed by atoms with Gasteiger partial charge in [0.1, 0.15) is 0 Å². The van der Waals surface area contributed by atoms with Gasteiger partial charge in [-0.05, 0) is 49.3 Å². The highest BCUT2D eigenvalue weighted by Crippen LogP contribution is 2.36. The first-order valence-electron chi connectivity index (χ1n) is 8.34. The van der Waals surface area contributed by atoms with Crippen LogP contribution in [0, 0.1) is 0 Å². The standard InChI is InChI=1S/C18H14F6N2O4S/c1-9(27)3-11-5-13(17(19,20)21)7-25-15(11)31(29,30)16-12(4-10(2)28)6-14(8-26-16)18(22,23)24/h3-8,15-16H,1-2H3. The second-order valence-electron chi connectivity index (χ2n) is 6.55. The van der Waals surface area contributed by atoms with Crippen LogP contribution in [-0.2, 0) is 19.4 Å². The Kier molecular flexibility index (Phi) is 6.59. The fraction of sp³-hybridized carbons (Fsp3) is 0.333. The first-order valence-corrected chi connectivity index (χ1v) is 9.95. The second-order valence-corrected chi connectivity index (χ2v) is 8.63. The van der Waals surface area contributed by atoms with Gasteiger partial charge in [0.15, 0.2) is 22.3 Å². The van der Waals surface area contributed by atoms with Crippen LogP contribution in [0.15, 0.2) is 56.6 Å². The molecule has 0 aromatic heterocycles. The Morgan fingerprint density at radius 3 is 1.39 bits per heavy atom. The topological polar surface area (TPSA) is 93.0 Å². The summed E-state index contributed by atoms with van der Waals surface area (Å²) in [6, 6.07) is 0. The number of carbonyl (C=O) groups is 2. The highest BCUT2D eigenvalue weighted by atomic mass is 32.2. The molecule has 2 atom stereocenters. The van der Waals surface area contributed by atoms with E-state index < -0.39 is 66.8 Å². The number of ketones is 2. The lowest BCUT2D eigenvalue weighted by Crippen LogP contribution is -2.36. The van der Waals surface area contributed by atoms with Gasteiger partial charge in [0, 0.05) is 12.4 Å². The lowest BCUT2D eigenvalue weighted by atomic mass is 10.1. The maximum Gasteiger partial charge on any atom is 0.417 e. The number of allylic oxidation sites excluding steroid dienone is 4. The van der Waals surface area contributed by atoms with Crippen LogP contribution < -0.4 is 0 Å². The summed E-state index contributed by atoms with van der Waals surface area (Å²) >= 11 is 0. The molecule has 13 heteroatoms. The van der Waals surface area contributed by atoms with Gasteiger partial charge in [0.05, 0.1) is 11.1 Å². The smallest absolute Gasteiger partial charge is 0.295 e. The van der Waals surface area contributed by atoms with Crippen molar-refractivity contribution >= 4 is 33.8 Å². The highest BCUT2D eigenvalue weighted by Gasteiger charge is 2.44. The average molecular weight is 468 g/mol. The molecule has 0 N–H and O–H groups in total. The van der Waals surface area contributed by atoms with Gasteiger partial charge in [-0.3, -0.25) is 19.6 Å². The minimum Gasteiger partial charge on any atom is -0.295 e. The molecule has 2 aliphatic rings. The Bertz CT molecular complexity index is 1010. The van der Waals surface area contributed by atoms with Crippen LogP contribution in [0.3, 0.4) is 0 Å². The molecule has 0 aliphatic carbocycles. The number of carbonyl (C=O) groups excluding carboxylic acids is 2. The molecule has 2 unspecified atom stereocenters. The van der Waals surface area contributed by atoms with Crippen LogP contribution in [0.5, 0.6) is 0 Å². The van der Waals surface area contributed by atoms with Gasteiger partial charge >= 0.3 is 12.4 Å². The Morgan fingerprint density at radius 2 is 1.13 bits per heavy atom. The second kappa shape index (κ2) is 8.36. The summed E-state index contributed by atoms with van der Waals surface area (Å²) in [6.45, 7) is 1.93. The van der Waals surface area contributed by atoms with Gasteiger partial charge in [-0.15, -0.1) is 0 Å². The molecule has 168 valence electrons. The Morgan fingerprint density at radius 1 is 0.806 bits per heavy atom. The highest BCUT2D eigenvalue weighted by molar-refractivity contribution is 7.93. The third-order valence-corrected chi connectivity index (χ3v) is 5.96. The molecule has 0 fully saturated rings. The zero-order valence-electron chi connectivity index (χ0n) is 15.8. The fourth-order valence-electron chi connectivity index (χ4n) is 2.72. The first kappa shape index (κ1) is 24.4. The van der Waals surface area contributed by atoms with Crippen molar-refractivity contribution in [3.8, 4) is 0 Å². The van der Waals surface area contributed by atoms with E-state index in [-0.39, 0.29) is 12.4 Å². The SMILES string of the molecule is CC(=O)C=C1C=C(C(F)(F)F)C=NC1S(=O)(=O)C1N=CC(C(F)(F)F)=CC1=CC(C)=O. The number of rotatable bonds is 4. The van der Waals surface area contributed by atoms with Crippen molar-refractivity contribution in [3.05, 3.63) is 46.6 Å². The molecule has 2 aliphatic heterocycles. The Balaban J connectivity index is 2.60. The normalized spacial score (nSPS) is 24.9. The molecule has 2 rings (SSSR count). The maximum absolute atomic E-state index is 13.1. The average Bonchev–Trinajstić information content (AvgIpc) is 2.58. The van der Waals surface area contributed by atoms with E-state index in [9.17, 15) is 44.3 Å². The van der Waals surface area contributed by atoms with Crippen LogP contribution >= 0.6 is 0 Å². The van der Waals surface area contributed by atoms with Crippen molar-refractivity contribution in [3.63, 3.8) is 0 Å². The number of dihydropyridines is 2. The quantitative estimate of drug-likeness (QED) is 0.468. The van der Waals surface area contributed by atoms with Gasteiger partial charge in [-0.2, -0.15) is 26.3 Å². The molecule has 0 saturated heterocycles. The molecule has 0 bridgehead atoms. The number of sulfone groups is 1. The van der Waals surface area contributed by atoms with Gasteiger partial charge in [0.25, 0.3) is 0 Å². The van der Waals surface area contributed by atoms with Crippen molar-refractivity contribution < 1.29 is 44.3 Å².